The number of hydrogen-bond donors (Lipinski definition) is 2. The number of para-hydroxylation sites is 1. The summed E-state index contributed by atoms with van der Waals surface area (Å²) in [5.74, 6) is 0.407. The maximum Gasteiger partial charge on any atom is 0.278 e. The molecule has 2 N–H and O–H groups in total. The van der Waals surface area contributed by atoms with Crippen LogP contribution < -0.4 is 20.1 Å². The Hall–Kier alpha value is -4.30. The van der Waals surface area contributed by atoms with Gasteiger partial charge in [-0.2, -0.15) is 5.10 Å². The lowest BCUT2D eigenvalue weighted by molar-refractivity contribution is 0.102. The Balaban J connectivity index is 1.52. The average Bonchev–Trinajstić information content (AvgIpc) is 3.31. The van der Waals surface area contributed by atoms with E-state index in [0.717, 1.165) is 0 Å². The van der Waals surface area contributed by atoms with Gasteiger partial charge in [-0.3, -0.25) is 14.3 Å². The second-order valence-corrected chi connectivity index (χ2v) is 8.23. The highest BCUT2D eigenvalue weighted by atomic mass is 35.5. The number of nitrogens with zero attached hydrogens (tertiary/aromatic N) is 2. The predicted octanol–water partition coefficient (Wildman–Crippen LogP) is 5.65. The van der Waals surface area contributed by atoms with Gasteiger partial charge in [0.2, 0.25) is 0 Å². The molecule has 0 radical (unpaired) electrons. The van der Waals surface area contributed by atoms with Crippen LogP contribution in [0.25, 0.3) is 0 Å². The first-order chi connectivity index (χ1) is 17.5. The monoisotopic (exact) mass is 504 g/mol. The maximum absolute atomic E-state index is 13.1. The summed E-state index contributed by atoms with van der Waals surface area (Å²) in [7, 11) is 1.55. The number of carbonyl (C=O) groups is 2. The van der Waals surface area contributed by atoms with Crippen LogP contribution in [-0.4, -0.2) is 28.7 Å². The molecule has 3 aromatic carbocycles. The molecule has 9 heteroatoms. The zero-order valence-electron chi connectivity index (χ0n) is 19.8. The molecule has 0 saturated heterocycles. The van der Waals surface area contributed by atoms with E-state index < -0.39 is 11.8 Å². The van der Waals surface area contributed by atoms with E-state index in [0.29, 0.717) is 45.6 Å². The van der Waals surface area contributed by atoms with Crippen LogP contribution in [0.3, 0.4) is 0 Å². The second-order valence-electron chi connectivity index (χ2n) is 7.79. The van der Waals surface area contributed by atoms with Crippen molar-refractivity contribution in [3.8, 4) is 11.5 Å². The molecule has 0 aliphatic carbocycles. The van der Waals surface area contributed by atoms with E-state index >= 15 is 0 Å². The number of hydrogen-bond acceptors (Lipinski definition) is 5. The molecular weight excluding hydrogens is 480 g/mol. The Bertz CT molecular complexity index is 1350. The molecule has 4 rings (SSSR count). The molecule has 0 aliphatic heterocycles. The van der Waals surface area contributed by atoms with Gasteiger partial charge in [-0.05, 0) is 61.5 Å². The van der Waals surface area contributed by atoms with Crippen molar-refractivity contribution in [1.82, 2.24) is 9.78 Å². The third-order valence-electron chi connectivity index (χ3n) is 5.33. The zero-order chi connectivity index (χ0) is 25.5. The molecular formula is C27H25ClN4O4. The molecule has 0 saturated carbocycles. The summed E-state index contributed by atoms with van der Waals surface area (Å²) in [4.78, 5) is 26.0. The lowest BCUT2D eigenvalue weighted by Gasteiger charge is -2.12. The Morgan fingerprint density at radius 3 is 2.42 bits per heavy atom. The third kappa shape index (κ3) is 6.03. The van der Waals surface area contributed by atoms with Crippen LogP contribution in [0.4, 0.5) is 11.4 Å². The standard InChI is InChI=1S/C27H25ClN4O4/c1-3-32-16-23(25(31-32)27(34)29-21-7-5-4-6-8-21)30-26(33)18-9-14-24(35-2)19(15-18)17-36-22-12-10-20(28)11-13-22/h4-16H,3,17H2,1-2H3,(H,29,34)(H,30,33). The fourth-order valence-electron chi connectivity index (χ4n) is 3.47. The first kappa shape index (κ1) is 24.8. The number of anilines is 2. The lowest BCUT2D eigenvalue weighted by atomic mass is 10.1. The molecule has 184 valence electrons. The number of rotatable bonds is 9. The van der Waals surface area contributed by atoms with Crippen molar-refractivity contribution in [2.75, 3.05) is 17.7 Å². The number of aromatic nitrogens is 2. The molecule has 0 spiro atoms. The van der Waals surface area contributed by atoms with Gasteiger partial charge in [-0.15, -0.1) is 0 Å². The Morgan fingerprint density at radius 2 is 1.72 bits per heavy atom. The first-order valence-corrected chi connectivity index (χ1v) is 11.6. The van der Waals surface area contributed by atoms with Crippen molar-refractivity contribution in [2.45, 2.75) is 20.1 Å². The summed E-state index contributed by atoms with van der Waals surface area (Å²) in [5.41, 5.74) is 2.13. The quantitative estimate of drug-likeness (QED) is 0.307. The summed E-state index contributed by atoms with van der Waals surface area (Å²) in [6, 6.07) is 21.1. The lowest BCUT2D eigenvalue weighted by Crippen LogP contribution is -2.18. The van der Waals surface area contributed by atoms with Crippen LogP contribution in [-0.2, 0) is 13.2 Å². The van der Waals surface area contributed by atoms with E-state index in [1.807, 2.05) is 25.1 Å². The van der Waals surface area contributed by atoms with Gasteiger partial charge in [0.05, 0.1) is 12.8 Å². The number of methoxy groups -OCH3 is 1. The molecule has 2 amide bonds. The molecule has 4 aromatic rings. The Morgan fingerprint density at radius 1 is 0.972 bits per heavy atom. The topological polar surface area (TPSA) is 94.5 Å². The van der Waals surface area contributed by atoms with Gasteiger partial charge in [-0.1, -0.05) is 29.8 Å². The third-order valence-corrected chi connectivity index (χ3v) is 5.58. The molecule has 0 fully saturated rings. The summed E-state index contributed by atoms with van der Waals surface area (Å²) in [6.45, 7) is 2.62. The van der Waals surface area contributed by atoms with Crippen LogP contribution in [0, 0.1) is 0 Å². The van der Waals surface area contributed by atoms with Crippen molar-refractivity contribution < 1.29 is 19.1 Å². The molecule has 1 heterocycles. The van der Waals surface area contributed by atoms with E-state index in [9.17, 15) is 9.59 Å². The number of aryl methyl sites for hydroxylation is 1. The van der Waals surface area contributed by atoms with E-state index in [4.69, 9.17) is 21.1 Å². The first-order valence-electron chi connectivity index (χ1n) is 11.3. The largest absolute Gasteiger partial charge is 0.496 e. The Labute approximate surface area is 213 Å². The smallest absolute Gasteiger partial charge is 0.278 e. The Kier molecular flexibility index (Phi) is 7.87. The number of halogens is 1. The molecule has 0 atom stereocenters. The highest BCUT2D eigenvalue weighted by Crippen LogP contribution is 2.24. The molecule has 0 bridgehead atoms. The normalized spacial score (nSPS) is 10.5. The summed E-state index contributed by atoms with van der Waals surface area (Å²) in [5, 5.41) is 10.6. The predicted molar refractivity (Wildman–Crippen MR) is 139 cm³/mol. The van der Waals surface area contributed by atoms with Crippen LogP contribution >= 0.6 is 11.6 Å². The van der Waals surface area contributed by atoms with Gasteiger partial charge in [0.15, 0.2) is 5.69 Å². The summed E-state index contributed by atoms with van der Waals surface area (Å²) < 4.78 is 12.9. The van der Waals surface area contributed by atoms with Gasteiger partial charge < -0.3 is 20.1 Å². The summed E-state index contributed by atoms with van der Waals surface area (Å²) >= 11 is 5.93. The van der Waals surface area contributed by atoms with Gasteiger partial charge in [0.1, 0.15) is 18.1 Å². The molecule has 1 aromatic heterocycles. The van der Waals surface area contributed by atoms with Crippen LogP contribution in [0.2, 0.25) is 5.02 Å². The van der Waals surface area contributed by atoms with Crippen molar-refractivity contribution >= 4 is 34.8 Å². The highest BCUT2D eigenvalue weighted by Gasteiger charge is 2.20. The SMILES string of the molecule is CCn1cc(NC(=O)c2ccc(OC)c(COc3ccc(Cl)cc3)c2)c(C(=O)Nc2ccccc2)n1. The van der Waals surface area contributed by atoms with Crippen LogP contribution in [0.5, 0.6) is 11.5 Å². The van der Waals surface area contributed by atoms with E-state index in [1.165, 1.54) is 0 Å². The number of benzene rings is 3. The molecule has 36 heavy (non-hydrogen) atoms. The molecule has 8 nitrogen and oxygen atoms in total. The maximum atomic E-state index is 13.1. The zero-order valence-corrected chi connectivity index (χ0v) is 20.6. The number of ether oxygens (including phenoxy) is 2. The van der Waals surface area contributed by atoms with Gasteiger partial charge >= 0.3 is 0 Å². The fraction of sp³-hybridized carbons (Fsp3) is 0.148. The highest BCUT2D eigenvalue weighted by molar-refractivity contribution is 6.30. The number of carbonyl (C=O) groups excluding carboxylic acids is 2. The minimum Gasteiger partial charge on any atom is -0.496 e. The van der Waals surface area contributed by atoms with Crippen molar-refractivity contribution in [3.63, 3.8) is 0 Å². The van der Waals surface area contributed by atoms with Crippen LogP contribution in [0.15, 0.2) is 79.0 Å². The van der Waals surface area contributed by atoms with Crippen molar-refractivity contribution in [2.24, 2.45) is 0 Å². The van der Waals surface area contributed by atoms with E-state index in [1.54, 1.807) is 72.6 Å². The average molecular weight is 505 g/mol. The fourth-order valence-corrected chi connectivity index (χ4v) is 3.60. The van der Waals surface area contributed by atoms with Gasteiger partial charge in [0.25, 0.3) is 11.8 Å². The number of nitrogens with one attached hydrogen (secondary N) is 2. The van der Waals surface area contributed by atoms with Crippen molar-refractivity contribution in [1.29, 1.82) is 0 Å². The minimum atomic E-state index is -0.421. The number of amides is 2. The minimum absolute atomic E-state index is 0.119. The van der Waals surface area contributed by atoms with Gasteiger partial charge in [-0.25, -0.2) is 0 Å². The molecule has 0 aliphatic rings. The second kappa shape index (κ2) is 11.4. The van der Waals surface area contributed by atoms with E-state index in [2.05, 4.69) is 15.7 Å². The molecule has 0 unspecified atom stereocenters. The van der Waals surface area contributed by atoms with Gasteiger partial charge in [0, 0.05) is 34.6 Å². The van der Waals surface area contributed by atoms with Crippen LogP contribution in [0.1, 0.15) is 33.3 Å². The van der Waals surface area contributed by atoms with E-state index in [-0.39, 0.29) is 12.3 Å². The van der Waals surface area contributed by atoms with Crippen molar-refractivity contribution in [3.05, 3.63) is 101 Å². The summed E-state index contributed by atoms with van der Waals surface area (Å²) in [6.07, 6.45) is 1.63.